The number of nitrogens with two attached hydrogens (primary N) is 3. The Morgan fingerprint density at radius 2 is 2.04 bits per heavy atom. The van der Waals surface area contributed by atoms with E-state index in [1.54, 1.807) is 12.1 Å². The highest BCUT2D eigenvalue weighted by Crippen LogP contribution is 2.18. The van der Waals surface area contributed by atoms with Crippen LogP contribution in [0.15, 0.2) is 29.1 Å². The lowest BCUT2D eigenvalue weighted by Crippen LogP contribution is -2.20. The molecule has 1 aromatic heterocycles. The monoisotopic (exact) mass is 372 g/mol. The number of anilines is 3. The third-order valence-electron chi connectivity index (χ3n) is 3.71. The first-order valence-electron chi connectivity index (χ1n) is 8.01. The van der Waals surface area contributed by atoms with Crippen molar-refractivity contribution in [3.63, 3.8) is 0 Å². The van der Waals surface area contributed by atoms with Crippen molar-refractivity contribution < 1.29 is 14.7 Å². The highest BCUT2D eigenvalue weighted by molar-refractivity contribution is 5.96. The van der Waals surface area contributed by atoms with E-state index >= 15 is 0 Å². The summed E-state index contributed by atoms with van der Waals surface area (Å²) in [5, 5.41) is 12.4. The van der Waals surface area contributed by atoms with E-state index in [-0.39, 0.29) is 22.9 Å². The van der Waals surface area contributed by atoms with E-state index in [0.717, 1.165) is 6.08 Å². The van der Waals surface area contributed by atoms with Crippen LogP contribution in [0.2, 0.25) is 0 Å². The van der Waals surface area contributed by atoms with Crippen molar-refractivity contribution in [2.24, 2.45) is 5.73 Å². The molecule has 1 heterocycles. The number of hydrogen-bond donors (Lipinski definition) is 6. The molecular formula is C17H20N6O4. The van der Waals surface area contributed by atoms with Gasteiger partial charge in [0.1, 0.15) is 5.82 Å². The third kappa shape index (κ3) is 5.33. The molecule has 10 heteroatoms. The Morgan fingerprint density at radius 3 is 2.67 bits per heavy atom. The van der Waals surface area contributed by atoms with Crippen LogP contribution in [0.5, 0.6) is 0 Å². The van der Waals surface area contributed by atoms with Gasteiger partial charge in [0.15, 0.2) is 0 Å². The molecule has 0 atom stereocenters. The van der Waals surface area contributed by atoms with Crippen molar-refractivity contribution in [1.82, 2.24) is 9.97 Å². The number of hydrogen-bond acceptors (Lipinski definition) is 7. The number of amides is 1. The number of nitrogens with zero attached hydrogens (tertiary/aromatic N) is 1. The van der Waals surface area contributed by atoms with Crippen LogP contribution in [0, 0.1) is 0 Å². The van der Waals surface area contributed by atoms with Crippen molar-refractivity contribution >= 4 is 35.4 Å². The number of aromatic amines is 1. The molecule has 0 unspecified atom stereocenters. The summed E-state index contributed by atoms with van der Waals surface area (Å²) in [5.41, 5.74) is 17.1. The maximum Gasteiger partial charge on any atom is 0.336 e. The Balaban J connectivity index is 2.02. The molecule has 142 valence electrons. The van der Waals surface area contributed by atoms with Crippen LogP contribution < -0.4 is 28.1 Å². The lowest BCUT2D eigenvalue weighted by atomic mass is 10.1. The molecule has 1 amide bonds. The van der Waals surface area contributed by atoms with Crippen LogP contribution in [0.4, 0.5) is 17.5 Å². The number of aromatic carboxylic acids is 1. The highest BCUT2D eigenvalue weighted by Gasteiger charge is 2.10. The van der Waals surface area contributed by atoms with Gasteiger partial charge in [0, 0.05) is 18.3 Å². The van der Waals surface area contributed by atoms with Crippen LogP contribution in [-0.2, 0) is 11.2 Å². The summed E-state index contributed by atoms with van der Waals surface area (Å²) in [5.74, 6) is -1.74. The number of primary amides is 1. The van der Waals surface area contributed by atoms with Gasteiger partial charge in [0.05, 0.1) is 11.1 Å². The van der Waals surface area contributed by atoms with Crippen LogP contribution >= 0.6 is 0 Å². The molecule has 10 nitrogen and oxygen atoms in total. The molecule has 1 aromatic carbocycles. The fraction of sp³-hybridized carbons (Fsp3) is 0.176. The number of carboxylic acids is 1. The molecular weight excluding hydrogens is 352 g/mol. The van der Waals surface area contributed by atoms with Gasteiger partial charge in [-0.2, -0.15) is 4.98 Å². The summed E-state index contributed by atoms with van der Waals surface area (Å²) in [6, 6.07) is 4.70. The van der Waals surface area contributed by atoms with Gasteiger partial charge >= 0.3 is 5.97 Å². The zero-order chi connectivity index (χ0) is 20.0. The Hall–Kier alpha value is -3.82. The van der Waals surface area contributed by atoms with Crippen LogP contribution in [0.3, 0.4) is 0 Å². The maximum atomic E-state index is 11.8. The fourth-order valence-corrected chi connectivity index (χ4v) is 2.44. The van der Waals surface area contributed by atoms with E-state index in [4.69, 9.17) is 17.2 Å². The van der Waals surface area contributed by atoms with Crippen LogP contribution in [0.25, 0.3) is 6.08 Å². The number of H-pyrrole nitrogens is 1. The number of nitrogen functional groups attached to an aromatic ring is 2. The SMILES string of the molecule is NC(=O)/C=C/c1ccc(NCCCc2c(N)nc(N)[nH]c2=O)cc1C(=O)O. The van der Waals surface area contributed by atoms with Gasteiger partial charge in [0.25, 0.3) is 5.56 Å². The summed E-state index contributed by atoms with van der Waals surface area (Å²) < 4.78 is 0. The Bertz CT molecular complexity index is 951. The Kier molecular flexibility index (Phi) is 6.15. The Morgan fingerprint density at radius 1 is 1.30 bits per heavy atom. The normalized spacial score (nSPS) is 10.8. The molecule has 0 spiro atoms. The molecule has 0 saturated heterocycles. The largest absolute Gasteiger partial charge is 0.478 e. The number of rotatable bonds is 8. The molecule has 9 N–H and O–H groups in total. The van der Waals surface area contributed by atoms with Gasteiger partial charge < -0.3 is 27.6 Å². The first kappa shape index (κ1) is 19.5. The zero-order valence-electron chi connectivity index (χ0n) is 14.4. The van der Waals surface area contributed by atoms with Gasteiger partial charge in [0.2, 0.25) is 11.9 Å². The van der Waals surface area contributed by atoms with Gasteiger partial charge in [-0.05, 0) is 36.6 Å². The number of carbonyl (C=O) groups excluding carboxylic acids is 1. The standard InChI is InChI=1S/C17H20N6O4/c18-13(24)6-4-9-3-5-10(8-12(9)16(26)27)21-7-1-2-11-14(19)22-17(20)23-15(11)25/h3-6,8,21H,1-2,7H2,(H2,18,24)(H,26,27)(H5,19,20,22,23,25)/b6-4+. The summed E-state index contributed by atoms with van der Waals surface area (Å²) in [6.45, 7) is 0.471. The Labute approximate surface area is 154 Å². The van der Waals surface area contributed by atoms with Crippen molar-refractivity contribution in [2.75, 3.05) is 23.3 Å². The summed E-state index contributed by atoms with van der Waals surface area (Å²) >= 11 is 0. The zero-order valence-corrected chi connectivity index (χ0v) is 14.4. The second-order valence-corrected chi connectivity index (χ2v) is 5.69. The van der Waals surface area contributed by atoms with Crippen LogP contribution in [-0.4, -0.2) is 33.5 Å². The number of carbonyl (C=O) groups is 2. The lowest BCUT2D eigenvalue weighted by Gasteiger charge is -2.09. The molecule has 0 saturated carbocycles. The predicted molar refractivity (Wildman–Crippen MR) is 102 cm³/mol. The number of carboxylic acid groups (broad SMARTS) is 1. The number of benzene rings is 1. The van der Waals surface area contributed by atoms with Crippen molar-refractivity contribution in [2.45, 2.75) is 12.8 Å². The van der Waals surface area contributed by atoms with Crippen LogP contribution in [0.1, 0.15) is 27.9 Å². The minimum Gasteiger partial charge on any atom is -0.478 e. The molecule has 0 radical (unpaired) electrons. The van der Waals surface area contributed by atoms with Crippen molar-refractivity contribution in [1.29, 1.82) is 0 Å². The van der Waals surface area contributed by atoms with E-state index < -0.39 is 11.9 Å². The van der Waals surface area contributed by atoms with E-state index in [0.29, 0.717) is 36.2 Å². The van der Waals surface area contributed by atoms with Crippen molar-refractivity contribution in [3.05, 3.63) is 51.3 Å². The molecule has 27 heavy (non-hydrogen) atoms. The smallest absolute Gasteiger partial charge is 0.336 e. The third-order valence-corrected chi connectivity index (χ3v) is 3.71. The van der Waals surface area contributed by atoms with Gasteiger partial charge in [-0.3, -0.25) is 14.6 Å². The highest BCUT2D eigenvalue weighted by atomic mass is 16.4. The first-order valence-corrected chi connectivity index (χ1v) is 8.01. The molecule has 0 aliphatic heterocycles. The van der Waals surface area contributed by atoms with E-state index in [9.17, 15) is 19.5 Å². The van der Waals surface area contributed by atoms with Gasteiger partial charge in [-0.1, -0.05) is 6.07 Å². The molecule has 2 aromatic rings. The molecule has 0 aliphatic rings. The van der Waals surface area contributed by atoms with Crippen molar-refractivity contribution in [3.8, 4) is 0 Å². The number of nitrogens with one attached hydrogen (secondary N) is 2. The minimum atomic E-state index is -1.13. The van der Waals surface area contributed by atoms with E-state index in [2.05, 4.69) is 15.3 Å². The average Bonchev–Trinajstić information content (AvgIpc) is 2.58. The molecule has 0 aliphatic carbocycles. The maximum absolute atomic E-state index is 11.8. The topological polar surface area (TPSA) is 190 Å². The fourth-order valence-electron chi connectivity index (χ4n) is 2.44. The lowest BCUT2D eigenvalue weighted by molar-refractivity contribution is -0.113. The second kappa shape index (κ2) is 8.52. The van der Waals surface area contributed by atoms with Gasteiger partial charge in [-0.25, -0.2) is 4.79 Å². The minimum absolute atomic E-state index is 0.0286. The van der Waals surface area contributed by atoms with E-state index in [1.165, 1.54) is 12.1 Å². The first-order chi connectivity index (χ1) is 12.8. The molecule has 0 fully saturated rings. The summed E-state index contributed by atoms with van der Waals surface area (Å²) in [7, 11) is 0. The van der Waals surface area contributed by atoms with E-state index in [1.807, 2.05) is 0 Å². The average molecular weight is 372 g/mol. The predicted octanol–water partition coefficient (Wildman–Crippen LogP) is 0.176. The molecule has 2 rings (SSSR count). The summed E-state index contributed by atoms with van der Waals surface area (Å²) in [4.78, 5) is 40.2. The van der Waals surface area contributed by atoms with Gasteiger partial charge in [-0.15, -0.1) is 0 Å². The summed E-state index contributed by atoms with van der Waals surface area (Å²) in [6.07, 6.45) is 3.38. The second-order valence-electron chi connectivity index (χ2n) is 5.69. The number of aromatic nitrogens is 2. The molecule has 0 bridgehead atoms. The quantitative estimate of drug-likeness (QED) is 0.279.